The average Bonchev–Trinajstić information content (AvgIpc) is 2.84. The second kappa shape index (κ2) is 7.06. The molecule has 2 heterocycles. The number of piperidine rings is 1. The summed E-state index contributed by atoms with van der Waals surface area (Å²) in [5.74, 6) is -1.09. The Hall–Kier alpha value is -1.83. The Morgan fingerprint density at radius 2 is 1.92 bits per heavy atom. The number of hydrogen-bond donors (Lipinski definition) is 3. The van der Waals surface area contributed by atoms with E-state index in [1.54, 1.807) is 20.8 Å². The fourth-order valence-electron chi connectivity index (χ4n) is 4.51. The van der Waals surface area contributed by atoms with Crippen molar-refractivity contribution in [2.45, 2.75) is 65.0 Å². The van der Waals surface area contributed by atoms with E-state index in [4.69, 9.17) is 10.5 Å². The molecule has 0 saturated carbocycles. The van der Waals surface area contributed by atoms with Gasteiger partial charge in [-0.25, -0.2) is 4.79 Å². The van der Waals surface area contributed by atoms with Crippen molar-refractivity contribution >= 4 is 18.0 Å². The largest absolute Gasteiger partial charge is 0.465 e. The SMILES string of the molecule is CC(C)(C)OC(=O)C[C@@]1(C(N)=O)CNC[C@@]1(C)C1CCCCN1C(=O)O. The van der Waals surface area contributed by atoms with Crippen LogP contribution in [0.1, 0.15) is 53.4 Å². The van der Waals surface area contributed by atoms with Crippen LogP contribution >= 0.6 is 0 Å². The molecule has 2 rings (SSSR count). The third-order valence-electron chi connectivity index (χ3n) is 5.83. The van der Waals surface area contributed by atoms with Gasteiger partial charge in [0.25, 0.3) is 0 Å². The fourth-order valence-corrected chi connectivity index (χ4v) is 4.51. The predicted molar refractivity (Wildman–Crippen MR) is 95.4 cm³/mol. The minimum atomic E-state index is -1.19. The molecule has 0 aliphatic carbocycles. The van der Waals surface area contributed by atoms with Gasteiger partial charge in [0.05, 0.1) is 11.8 Å². The molecule has 26 heavy (non-hydrogen) atoms. The zero-order chi connectivity index (χ0) is 19.8. The van der Waals surface area contributed by atoms with E-state index in [2.05, 4.69) is 5.32 Å². The number of hydrogen-bond acceptors (Lipinski definition) is 5. The number of likely N-dealkylation sites (tertiary alicyclic amines) is 1. The Balaban J connectivity index is 2.39. The van der Waals surface area contributed by atoms with Gasteiger partial charge in [0.2, 0.25) is 5.91 Å². The third-order valence-corrected chi connectivity index (χ3v) is 5.83. The normalized spacial score (nSPS) is 32.3. The standard InChI is InChI=1S/C18H31N3O5/c1-16(2,3)26-13(22)9-18(14(19)23)11-20-10-17(18,4)12-7-5-6-8-21(12)15(24)25/h12,20H,5-11H2,1-4H3,(H2,19,23)(H,24,25)/t12?,17-,18-/m0/s1. The number of carboxylic acid groups (broad SMARTS) is 1. The first-order chi connectivity index (χ1) is 11.9. The van der Waals surface area contributed by atoms with Crippen molar-refractivity contribution in [2.75, 3.05) is 19.6 Å². The van der Waals surface area contributed by atoms with Crippen molar-refractivity contribution in [3.63, 3.8) is 0 Å². The summed E-state index contributed by atoms with van der Waals surface area (Å²) < 4.78 is 5.43. The number of amides is 2. The summed E-state index contributed by atoms with van der Waals surface area (Å²) in [4.78, 5) is 38.2. The predicted octanol–water partition coefficient (Wildman–Crippen LogP) is 1.33. The monoisotopic (exact) mass is 369 g/mol. The maximum Gasteiger partial charge on any atom is 0.407 e. The van der Waals surface area contributed by atoms with E-state index in [0.717, 1.165) is 12.8 Å². The molecule has 0 radical (unpaired) electrons. The van der Waals surface area contributed by atoms with E-state index in [-0.39, 0.29) is 19.0 Å². The highest BCUT2D eigenvalue weighted by molar-refractivity contribution is 5.88. The molecule has 2 aliphatic rings. The molecule has 3 atom stereocenters. The molecule has 4 N–H and O–H groups in total. The number of carbonyl (C=O) groups excluding carboxylic acids is 2. The molecular formula is C18H31N3O5. The molecular weight excluding hydrogens is 338 g/mol. The maximum absolute atomic E-state index is 12.6. The molecule has 0 aromatic rings. The Labute approximate surface area is 154 Å². The van der Waals surface area contributed by atoms with Crippen LogP contribution in [0.3, 0.4) is 0 Å². The van der Waals surface area contributed by atoms with Crippen LogP contribution in [-0.2, 0) is 14.3 Å². The number of rotatable bonds is 4. The number of primary amides is 1. The van der Waals surface area contributed by atoms with Gasteiger partial charge in [0.1, 0.15) is 5.60 Å². The third kappa shape index (κ3) is 3.65. The summed E-state index contributed by atoms with van der Waals surface area (Å²) in [5, 5.41) is 12.8. The molecule has 0 aromatic carbocycles. The number of carbonyl (C=O) groups is 3. The van der Waals surface area contributed by atoms with Crippen LogP contribution in [0.25, 0.3) is 0 Å². The van der Waals surface area contributed by atoms with Gasteiger partial charge in [-0.1, -0.05) is 6.92 Å². The van der Waals surface area contributed by atoms with E-state index < -0.39 is 34.4 Å². The first-order valence-electron chi connectivity index (χ1n) is 9.15. The molecule has 0 aromatic heterocycles. The van der Waals surface area contributed by atoms with Gasteiger partial charge in [-0.15, -0.1) is 0 Å². The molecule has 8 nitrogen and oxygen atoms in total. The molecule has 0 spiro atoms. The number of nitrogens with one attached hydrogen (secondary N) is 1. The number of esters is 1. The van der Waals surface area contributed by atoms with Crippen LogP contribution in [0.4, 0.5) is 4.79 Å². The molecule has 2 amide bonds. The van der Waals surface area contributed by atoms with Crippen molar-refractivity contribution < 1.29 is 24.2 Å². The van der Waals surface area contributed by atoms with Crippen molar-refractivity contribution in [3.8, 4) is 0 Å². The number of ether oxygens (including phenoxy) is 1. The van der Waals surface area contributed by atoms with Gasteiger partial charge in [0, 0.05) is 31.1 Å². The Kier molecular flexibility index (Phi) is 5.56. The first-order valence-corrected chi connectivity index (χ1v) is 9.15. The molecule has 2 fully saturated rings. The second-order valence-corrected chi connectivity index (χ2v) is 8.72. The zero-order valence-corrected chi connectivity index (χ0v) is 16.1. The lowest BCUT2D eigenvalue weighted by Crippen LogP contribution is -2.61. The van der Waals surface area contributed by atoms with Crippen LogP contribution < -0.4 is 11.1 Å². The van der Waals surface area contributed by atoms with Crippen molar-refractivity contribution in [1.82, 2.24) is 10.2 Å². The van der Waals surface area contributed by atoms with Gasteiger partial charge in [-0.3, -0.25) is 9.59 Å². The van der Waals surface area contributed by atoms with Gasteiger partial charge < -0.3 is 25.8 Å². The smallest absolute Gasteiger partial charge is 0.407 e. The summed E-state index contributed by atoms with van der Waals surface area (Å²) in [6, 6.07) is -0.376. The van der Waals surface area contributed by atoms with Crippen LogP contribution in [-0.4, -0.2) is 59.3 Å². The van der Waals surface area contributed by atoms with Gasteiger partial charge in [-0.05, 0) is 40.0 Å². The highest BCUT2D eigenvalue weighted by atomic mass is 16.6. The first kappa shape index (κ1) is 20.5. The van der Waals surface area contributed by atoms with Crippen LogP contribution in [0.2, 0.25) is 0 Å². The highest BCUT2D eigenvalue weighted by Crippen LogP contribution is 2.51. The lowest BCUT2D eigenvalue weighted by Gasteiger charge is -2.50. The summed E-state index contributed by atoms with van der Waals surface area (Å²) in [6.45, 7) is 8.25. The topological polar surface area (TPSA) is 122 Å². The van der Waals surface area contributed by atoms with Gasteiger partial charge >= 0.3 is 12.1 Å². The molecule has 0 bridgehead atoms. The summed E-state index contributed by atoms with van der Waals surface area (Å²) in [6.07, 6.45) is 1.16. The van der Waals surface area contributed by atoms with Crippen LogP contribution in [0.5, 0.6) is 0 Å². The molecule has 8 heteroatoms. The fraction of sp³-hybridized carbons (Fsp3) is 0.833. The highest BCUT2D eigenvalue weighted by Gasteiger charge is 2.62. The molecule has 2 aliphatic heterocycles. The van der Waals surface area contributed by atoms with Gasteiger partial charge in [0.15, 0.2) is 0 Å². The van der Waals surface area contributed by atoms with Crippen molar-refractivity contribution in [1.29, 1.82) is 0 Å². The molecule has 2 saturated heterocycles. The van der Waals surface area contributed by atoms with Crippen molar-refractivity contribution in [2.24, 2.45) is 16.6 Å². The Bertz CT molecular complexity index is 588. The average molecular weight is 369 g/mol. The van der Waals surface area contributed by atoms with Crippen molar-refractivity contribution in [3.05, 3.63) is 0 Å². The van der Waals surface area contributed by atoms with E-state index >= 15 is 0 Å². The van der Waals surface area contributed by atoms with Crippen LogP contribution in [0, 0.1) is 10.8 Å². The lowest BCUT2D eigenvalue weighted by molar-refractivity contribution is -0.164. The summed E-state index contributed by atoms with van der Waals surface area (Å²) in [7, 11) is 0. The number of nitrogens with two attached hydrogens (primary N) is 1. The minimum Gasteiger partial charge on any atom is -0.465 e. The van der Waals surface area contributed by atoms with Crippen LogP contribution in [0.15, 0.2) is 0 Å². The van der Waals surface area contributed by atoms with Gasteiger partial charge in [-0.2, -0.15) is 0 Å². The zero-order valence-electron chi connectivity index (χ0n) is 16.1. The Morgan fingerprint density at radius 3 is 2.46 bits per heavy atom. The van der Waals surface area contributed by atoms with E-state index in [1.807, 2.05) is 6.92 Å². The molecule has 148 valence electrons. The number of nitrogens with zero attached hydrogens (tertiary/aromatic N) is 1. The maximum atomic E-state index is 12.6. The quantitative estimate of drug-likeness (QED) is 0.643. The summed E-state index contributed by atoms with van der Waals surface area (Å²) in [5.41, 5.74) is 3.15. The van der Waals surface area contributed by atoms with E-state index in [0.29, 0.717) is 19.5 Å². The summed E-state index contributed by atoms with van der Waals surface area (Å²) >= 11 is 0. The van der Waals surface area contributed by atoms with E-state index in [1.165, 1.54) is 4.90 Å². The van der Waals surface area contributed by atoms with E-state index in [9.17, 15) is 19.5 Å². The molecule has 1 unspecified atom stereocenters. The lowest BCUT2D eigenvalue weighted by atomic mass is 9.59. The minimum absolute atomic E-state index is 0.160. The Morgan fingerprint density at radius 1 is 1.27 bits per heavy atom. The second-order valence-electron chi connectivity index (χ2n) is 8.72.